The van der Waals surface area contributed by atoms with E-state index in [0.717, 1.165) is 11.1 Å². The number of hydrogen-bond donors (Lipinski definition) is 1. The predicted octanol–water partition coefficient (Wildman–Crippen LogP) is 5.81. The summed E-state index contributed by atoms with van der Waals surface area (Å²) in [5.41, 5.74) is 2.64. The van der Waals surface area contributed by atoms with Gasteiger partial charge < -0.3 is 4.89 Å². The molecule has 0 aromatic heterocycles. The van der Waals surface area contributed by atoms with Crippen LogP contribution in [0, 0.1) is 41.5 Å². The molecule has 146 valence electrons. The Morgan fingerprint density at radius 2 is 0.889 bits per heavy atom. The second-order valence-corrected chi connectivity index (χ2v) is 8.70. The zero-order valence-electron chi connectivity index (χ0n) is 17.4. The first-order valence-corrected chi connectivity index (χ1v) is 10.7. The van der Waals surface area contributed by atoms with Crippen LogP contribution >= 0.6 is 7.37 Å². The highest BCUT2D eigenvalue weighted by atomic mass is 31.2. The molecule has 0 saturated carbocycles. The first-order valence-electron chi connectivity index (χ1n) is 9.05. The van der Waals surface area contributed by atoms with Crippen molar-refractivity contribution in [3.8, 4) is 0 Å². The van der Waals surface area contributed by atoms with Gasteiger partial charge in [-0.25, -0.2) is 0 Å². The average molecular weight is 388 g/mol. The molecule has 0 bridgehead atoms. The summed E-state index contributed by atoms with van der Waals surface area (Å²) in [6, 6.07) is 7.08. The van der Waals surface area contributed by atoms with Gasteiger partial charge in [0.1, 0.15) is 0 Å². The van der Waals surface area contributed by atoms with Gasteiger partial charge in [-0.1, -0.05) is 49.2 Å². The molecule has 2 aromatic carbocycles. The molecular weight excluding hydrogens is 359 g/mol. The lowest BCUT2D eigenvalue weighted by molar-refractivity contribution is 0.101. The van der Waals surface area contributed by atoms with E-state index in [4.69, 9.17) is 0 Å². The minimum absolute atomic E-state index is 0.159. The molecule has 0 aliphatic rings. The number of aryl methyl sites for hydroxylation is 6. The van der Waals surface area contributed by atoms with Crippen LogP contribution in [-0.2, 0) is 4.57 Å². The fraction of sp³-hybridized carbons (Fsp3) is 0.364. The highest BCUT2D eigenvalue weighted by Gasteiger charge is 2.41. The van der Waals surface area contributed by atoms with Crippen LogP contribution in [0.25, 0.3) is 0 Å². The summed E-state index contributed by atoms with van der Waals surface area (Å²) in [6.07, 6.45) is 0. The fourth-order valence-corrected chi connectivity index (χ4v) is 4.93. The number of benzene rings is 2. The molecule has 1 N–H and O–H groups in total. The van der Waals surface area contributed by atoms with E-state index in [1.807, 2.05) is 27.7 Å². The van der Waals surface area contributed by atoms with Crippen LogP contribution < -0.4 is 0 Å². The molecule has 0 aliphatic carbocycles. The normalized spacial score (nSPS) is 10.9. The van der Waals surface area contributed by atoms with E-state index < -0.39 is 18.4 Å². The van der Waals surface area contributed by atoms with Crippen LogP contribution in [-0.4, -0.2) is 15.9 Å². The van der Waals surface area contributed by atoms with Gasteiger partial charge in [-0.15, -0.1) is 0 Å². The summed E-state index contributed by atoms with van der Waals surface area (Å²) in [5, 5.41) is 0. The smallest absolute Gasteiger partial charge is 0.333 e. The highest BCUT2D eigenvalue weighted by molar-refractivity contribution is 7.91. The van der Waals surface area contributed by atoms with E-state index >= 15 is 0 Å². The summed E-state index contributed by atoms with van der Waals surface area (Å²) >= 11 is 0. The van der Waals surface area contributed by atoms with Crippen molar-refractivity contribution >= 4 is 18.4 Å². The molecular formula is C22H29O4P. The number of carbonyl (C=O) groups excluding carboxylic acids is 2. The summed E-state index contributed by atoms with van der Waals surface area (Å²) in [5.74, 6) is 0. The monoisotopic (exact) mass is 388 g/mol. The van der Waals surface area contributed by atoms with Crippen LogP contribution in [0.1, 0.15) is 67.9 Å². The van der Waals surface area contributed by atoms with Crippen molar-refractivity contribution < 1.29 is 19.0 Å². The third kappa shape index (κ3) is 4.63. The van der Waals surface area contributed by atoms with Gasteiger partial charge in [0.2, 0.25) is 0 Å². The van der Waals surface area contributed by atoms with Crippen LogP contribution in [0.5, 0.6) is 0 Å². The van der Waals surface area contributed by atoms with Crippen LogP contribution in [0.3, 0.4) is 0 Å². The van der Waals surface area contributed by atoms with Gasteiger partial charge in [0, 0.05) is 11.1 Å². The second-order valence-electron chi connectivity index (χ2n) is 6.73. The van der Waals surface area contributed by atoms with Gasteiger partial charge in [-0.3, -0.25) is 14.2 Å². The van der Waals surface area contributed by atoms with Gasteiger partial charge in [0.25, 0.3) is 11.0 Å². The van der Waals surface area contributed by atoms with Gasteiger partial charge in [0.05, 0.1) is 0 Å². The summed E-state index contributed by atoms with van der Waals surface area (Å²) < 4.78 is 12.8. The third-order valence-corrected chi connectivity index (χ3v) is 5.88. The molecule has 27 heavy (non-hydrogen) atoms. The Hall–Kier alpha value is -2.03. The van der Waals surface area contributed by atoms with E-state index in [9.17, 15) is 19.0 Å². The molecule has 0 heterocycles. The van der Waals surface area contributed by atoms with Gasteiger partial charge in [-0.05, 0) is 63.8 Å². The number of hydrogen-bond acceptors (Lipinski definition) is 3. The SMILES string of the molecule is CC.Cc1cc(C)c(C(=O)P(=O)(O)C(=O)c2c(C)cc(C)cc2C)c(C)c1. The topological polar surface area (TPSA) is 71.4 Å². The van der Waals surface area contributed by atoms with E-state index in [2.05, 4.69) is 0 Å². The summed E-state index contributed by atoms with van der Waals surface area (Å²) in [4.78, 5) is 36.0. The lowest BCUT2D eigenvalue weighted by Gasteiger charge is -2.16. The number of rotatable bonds is 4. The molecule has 2 rings (SSSR count). The molecule has 2 aromatic rings. The number of carbonyl (C=O) groups is 2. The molecule has 4 nitrogen and oxygen atoms in total. The minimum Gasteiger partial charge on any atom is -0.333 e. The Morgan fingerprint density at radius 1 is 0.667 bits per heavy atom. The second kappa shape index (κ2) is 8.77. The van der Waals surface area contributed by atoms with E-state index in [1.54, 1.807) is 52.0 Å². The molecule has 0 saturated heterocycles. The average Bonchev–Trinajstić information content (AvgIpc) is 2.54. The van der Waals surface area contributed by atoms with Crippen molar-refractivity contribution in [2.45, 2.75) is 55.4 Å². The van der Waals surface area contributed by atoms with E-state index in [-0.39, 0.29) is 11.1 Å². The van der Waals surface area contributed by atoms with Crippen molar-refractivity contribution in [3.05, 3.63) is 68.8 Å². The van der Waals surface area contributed by atoms with Crippen molar-refractivity contribution in [3.63, 3.8) is 0 Å². The van der Waals surface area contributed by atoms with E-state index in [1.165, 1.54) is 0 Å². The standard InChI is InChI=1S/C20H23O4P.C2H6/c1-11-7-13(3)17(14(4)8-11)19(21)25(23,24)20(22)18-15(5)9-12(2)10-16(18)6;1-2/h7-10H,1-6H3,(H,23,24);1-2H3. The van der Waals surface area contributed by atoms with Crippen LogP contribution in [0.4, 0.5) is 0 Å². The Labute approximate surface area is 162 Å². The molecule has 0 atom stereocenters. The molecule has 0 fully saturated rings. The van der Waals surface area contributed by atoms with Gasteiger partial charge >= 0.3 is 7.37 Å². The van der Waals surface area contributed by atoms with Crippen LogP contribution in [0.2, 0.25) is 0 Å². The summed E-state index contributed by atoms with van der Waals surface area (Å²) in [7, 11) is -4.73. The quantitative estimate of drug-likeness (QED) is 0.671. The maximum Gasteiger partial charge on any atom is 0.337 e. The maximum absolute atomic E-state index is 12.8. The lowest BCUT2D eigenvalue weighted by atomic mass is 10.0. The molecule has 0 aliphatic heterocycles. The zero-order chi connectivity index (χ0) is 21.1. The molecule has 0 radical (unpaired) electrons. The summed E-state index contributed by atoms with van der Waals surface area (Å²) in [6.45, 7) is 14.6. The Bertz CT molecular complexity index is 822. The highest BCUT2D eigenvalue weighted by Crippen LogP contribution is 2.49. The molecule has 5 heteroatoms. The lowest BCUT2D eigenvalue weighted by Crippen LogP contribution is -2.15. The van der Waals surface area contributed by atoms with Crippen molar-refractivity contribution in [2.24, 2.45) is 0 Å². The zero-order valence-corrected chi connectivity index (χ0v) is 18.3. The Balaban J connectivity index is 0.00000176. The molecule has 0 amide bonds. The van der Waals surface area contributed by atoms with Gasteiger partial charge in [0.15, 0.2) is 0 Å². The van der Waals surface area contributed by atoms with Crippen LogP contribution in [0.15, 0.2) is 24.3 Å². The molecule has 0 unspecified atom stereocenters. The van der Waals surface area contributed by atoms with Crippen molar-refractivity contribution in [1.29, 1.82) is 0 Å². The molecule has 0 spiro atoms. The first kappa shape index (κ1) is 23.0. The Kier molecular flexibility index (Phi) is 7.48. The van der Waals surface area contributed by atoms with E-state index in [0.29, 0.717) is 22.3 Å². The minimum atomic E-state index is -4.73. The predicted molar refractivity (Wildman–Crippen MR) is 111 cm³/mol. The van der Waals surface area contributed by atoms with Crippen molar-refractivity contribution in [1.82, 2.24) is 0 Å². The third-order valence-electron chi connectivity index (χ3n) is 4.33. The fourth-order valence-electron chi connectivity index (χ4n) is 3.43. The van der Waals surface area contributed by atoms with Crippen molar-refractivity contribution in [2.75, 3.05) is 0 Å². The Morgan fingerprint density at radius 3 is 1.11 bits per heavy atom. The first-order chi connectivity index (χ1) is 12.5. The van der Waals surface area contributed by atoms with Gasteiger partial charge in [-0.2, -0.15) is 0 Å². The maximum atomic E-state index is 12.8. The largest absolute Gasteiger partial charge is 0.337 e.